The molecular formula is C26H31F2N3O5S. The fourth-order valence-electron chi connectivity index (χ4n) is 5.11. The van der Waals surface area contributed by atoms with Crippen molar-refractivity contribution in [2.24, 2.45) is 11.8 Å². The number of ether oxygens (including phenoxy) is 1. The first-order valence-electron chi connectivity index (χ1n) is 11.9. The minimum Gasteiger partial charge on any atom is -0.481 e. The van der Waals surface area contributed by atoms with E-state index in [-0.39, 0.29) is 41.3 Å². The van der Waals surface area contributed by atoms with Gasteiger partial charge in [-0.3, -0.25) is 14.4 Å². The third-order valence-corrected chi connectivity index (χ3v) is 8.46. The monoisotopic (exact) mass is 535 g/mol. The molecule has 1 fully saturated rings. The molecule has 2 N–H and O–H groups in total. The van der Waals surface area contributed by atoms with Crippen molar-refractivity contribution in [2.45, 2.75) is 36.6 Å². The Hall–Kier alpha value is -3.21. The van der Waals surface area contributed by atoms with Crippen LogP contribution in [0.3, 0.4) is 0 Å². The summed E-state index contributed by atoms with van der Waals surface area (Å²) in [5, 5.41) is 11.6. The van der Waals surface area contributed by atoms with Crippen molar-refractivity contribution in [2.75, 3.05) is 37.7 Å². The number of carbonyl (C=O) groups is 3. The number of fused-ring (bicyclic) bond motifs is 1. The Morgan fingerprint density at radius 3 is 2.38 bits per heavy atom. The number of pyridine rings is 1. The van der Waals surface area contributed by atoms with Gasteiger partial charge >= 0.3 is 5.97 Å². The van der Waals surface area contributed by atoms with Crippen molar-refractivity contribution in [3.05, 3.63) is 47.2 Å². The normalized spacial score (nSPS) is 21.5. The quantitative estimate of drug-likeness (QED) is 0.555. The summed E-state index contributed by atoms with van der Waals surface area (Å²) in [6.45, 7) is 0.221. The van der Waals surface area contributed by atoms with Gasteiger partial charge in [0.1, 0.15) is 17.7 Å². The molecular weight excluding hydrogens is 504 g/mol. The first-order valence-corrected chi connectivity index (χ1v) is 14.8. The number of nitrogens with one attached hydrogen (secondary N) is 1. The second kappa shape index (κ2) is 10.3. The predicted molar refractivity (Wildman–Crippen MR) is 136 cm³/mol. The van der Waals surface area contributed by atoms with E-state index in [1.807, 2.05) is 0 Å². The van der Waals surface area contributed by atoms with Crippen LogP contribution in [0.1, 0.15) is 36.6 Å². The number of benzene rings is 1. The van der Waals surface area contributed by atoms with Crippen LogP contribution in [0, 0.1) is 23.5 Å². The zero-order chi connectivity index (χ0) is 27.1. The molecule has 0 spiro atoms. The Morgan fingerprint density at radius 2 is 1.81 bits per heavy atom. The van der Waals surface area contributed by atoms with Crippen LogP contribution in [0.15, 0.2) is 29.2 Å². The Kier molecular flexibility index (Phi) is 7.45. The highest BCUT2D eigenvalue weighted by atomic mass is 32.3. The van der Waals surface area contributed by atoms with Crippen molar-refractivity contribution in [3.8, 4) is 5.88 Å². The summed E-state index contributed by atoms with van der Waals surface area (Å²) in [5.74, 6) is -3.31. The zero-order valence-corrected chi connectivity index (χ0v) is 22.0. The number of carbonyl (C=O) groups excluding carboxylic acids is 2. The lowest BCUT2D eigenvalue weighted by atomic mass is 9.72. The van der Waals surface area contributed by atoms with E-state index in [2.05, 4.69) is 10.3 Å². The minimum absolute atomic E-state index is 0.00232. The highest BCUT2D eigenvalue weighted by molar-refractivity contribution is 8.32. The number of hydrogen-bond acceptors (Lipinski definition) is 5. The van der Waals surface area contributed by atoms with Crippen LogP contribution < -0.4 is 10.1 Å². The van der Waals surface area contributed by atoms with Gasteiger partial charge in [0.05, 0.1) is 17.7 Å². The number of anilines is 1. The van der Waals surface area contributed by atoms with Crippen molar-refractivity contribution >= 4 is 33.5 Å². The number of amides is 2. The molecule has 0 radical (unpaired) electrons. The Balaban J connectivity index is 1.62. The van der Waals surface area contributed by atoms with E-state index in [0.717, 1.165) is 12.1 Å². The topological polar surface area (TPSA) is 109 Å². The molecule has 1 atom stereocenters. The van der Waals surface area contributed by atoms with E-state index in [9.17, 15) is 23.2 Å². The van der Waals surface area contributed by atoms with E-state index in [1.165, 1.54) is 12.0 Å². The van der Waals surface area contributed by atoms with Gasteiger partial charge in [0.2, 0.25) is 11.8 Å². The lowest BCUT2D eigenvalue weighted by Crippen LogP contribution is -2.50. The molecule has 8 nitrogen and oxygen atoms in total. The smallest absolute Gasteiger partial charge is 0.303 e. The van der Waals surface area contributed by atoms with Gasteiger partial charge in [-0.2, -0.15) is 0 Å². The summed E-state index contributed by atoms with van der Waals surface area (Å²) >= 11 is 0. The molecule has 37 heavy (non-hydrogen) atoms. The number of aliphatic carboxylic acids is 1. The van der Waals surface area contributed by atoms with Crippen LogP contribution in [0.5, 0.6) is 5.88 Å². The van der Waals surface area contributed by atoms with E-state index < -0.39 is 39.6 Å². The lowest BCUT2D eigenvalue weighted by molar-refractivity contribution is -0.149. The van der Waals surface area contributed by atoms with Gasteiger partial charge in [-0.1, -0.05) is 0 Å². The van der Waals surface area contributed by atoms with Gasteiger partial charge in [0.25, 0.3) is 5.91 Å². The standard InChI is InChI=1S/C26H31F2N3O5S/c1-36-21-6-5-17-20(30-21)7-8-31(26(35)15-9-14(10-15)11-22(32)33)23(17)25(34)29-16-12-18(27)24(19(28)13-16)37(2,3)4/h5-6,12-15,23H,7-11H2,1-4H3,(H,29,34)(H,32,33)/t14-,15+,23-/m1/s1. The van der Waals surface area contributed by atoms with Crippen LogP contribution >= 0.6 is 10.0 Å². The first kappa shape index (κ1) is 26.8. The average Bonchev–Trinajstić information content (AvgIpc) is 2.77. The van der Waals surface area contributed by atoms with E-state index in [4.69, 9.17) is 9.84 Å². The number of hydrogen-bond donors (Lipinski definition) is 2. The lowest BCUT2D eigenvalue weighted by Gasteiger charge is -2.42. The van der Waals surface area contributed by atoms with Gasteiger partial charge in [-0.25, -0.2) is 23.8 Å². The molecule has 1 aromatic heterocycles. The first-order chi connectivity index (χ1) is 17.4. The summed E-state index contributed by atoms with van der Waals surface area (Å²) in [6.07, 6.45) is 6.62. The summed E-state index contributed by atoms with van der Waals surface area (Å²) in [7, 11) is -0.207. The third kappa shape index (κ3) is 5.56. The third-order valence-electron chi connectivity index (χ3n) is 6.85. The van der Waals surface area contributed by atoms with Gasteiger partial charge in [-0.15, -0.1) is 0 Å². The number of halogens is 2. The summed E-state index contributed by atoms with van der Waals surface area (Å²) in [5.41, 5.74) is 1.07. The Labute approximate surface area is 215 Å². The second-order valence-corrected chi connectivity index (χ2v) is 14.4. The maximum atomic E-state index is 14.8. The molecule has 11 heteroatoms. The number of carboxylic acid groups (broad SMARTS) is 1. The largest absolute Gasteiger partial charge is 0.481 e. The van der Waals surface area contributed by atoms with Gasteiger partial charge in [0, 0.05) is 42.6 Å². The van der Waals surface area contributed by atoms with Crippen molar-refractivity contribution < 1.29 is 33.0 Å². The average molecular weight is 536 g/mol. The van der Waals surface area contributed by atoms with Crippen molar-refractivity contribution in [1.82, 2.24) is 9.88 Å². The molecule has 2 heterocycles. The maximum absolute atomic E-state index is 14.8. The molecule has 1 aliphatic carbocycles. The number of nitrogens with zero attached hydrogens (tertiary/aromatic N) is 2. The molecule has 1 saturated carbocycles. The van der Waals surface area contributed by atoms with Crippen LogP contribution in [0.25, 0.3) is 0 Å². The fourth-order valence-corrected chi connectivity index (χ4v) is 6.40. The number of rotatable bonds is 7. The van der Waals surface area contributed by atoms with Crippen LogP contribution in [0.2, 0.25) is 0 Å². The van der Waals surface area contributed by atoms with Crippen molar-refractivity contribution in [3.63, 3.8) is 0 Å². The minimum atomic E-state index is -1.69. The summed E-state index contributed by atoms with van der Waals surface area (Å²) in [6, 6.07) is 4.40. The van der Waals surface area contributed by atoms with Gasteiger partial charge < -0.3 is 20.1 Å². The molecule has 2 aromatic rings. The molecule has 0 saturated heterocycles. The molecule has 2 aliphatic rings. The molecule has 1 aromatic carbocycles. The Morgan fingerprint density at radius 1 is 1.16 bits per heavy atom. The molecule has 200 valence electrons. The maximum Gasteiger partial charge on any atom is 0.303 e. The molecule has 1 aliphatic heterocycles. The summed E-state index contributed by atoms with van der Waals surface area (Å²) in [4.78, 5) is 43.9. The number of carboxylic acids is 1. The SMILES string of the molecule is COc1ccc2c(n1)CCN(C(=O)[C@H]1C[C@@H](CC(=O)O)C1)[C@H]2C(=O)Nc1cc(F)c(S(C)(C)C)c(F)c1. The molecule has 0 bridgehead atoms. The predicted octanol–water partition coefficient (Wildman–Crippen LogP) is 3.99. The second-order valence-electron chi connectivity index (χ2n) is 10.3. The van der Waals surface area contributed by atoms with Crippen LogP contribution in [0.4, 0.5) is 14.5 Å². The number of aromatic nitrogens is 1. The van der Waals surface area contributed by atoms with Gasteiger partial charge in [-0.05, 0) is 55.7 Å². The highest BCUT2D eigenvalue weighted by Crippen LogP contribution is 2.48. The Bertz CT molecular complexity index is 1220. The fraction of sp³-hybridized carbons (Fsp3) is 0.462. The highest BCUT2D eigenvalue weighted by Gasteiger charge is 2.43. The summed E-state index contributed by atoms with van der Waals surface area (Å²) < 4.78 is 34.8. The van der Waals surface area contributed by atoms with Crippen molar-refractivity contribution in [1.29, 1.82) is 0 Å². The van der Waals surface area contributed by atoms with Crippen LogP contribution in [-0.4, -0.2) is 65.2 Å². The van der Waals surface area contributed by atoms with Crippen LogP contribution in [-0.2, 0) is 20.8 Å². The van der Waals surface area contributed by atoms with Gasteiger partial charge in [0.15, 0.2) is 0 Å². The number of methoxy groups -OCH3 is 1. The molecule has 4 rings (SSSR count). The molecule has 2 amide bonds. The van der Waals surface area contributed by atoms with E-state index in [0.29, 0.717) is 36.4 Å². The molecule has 0 unspecified atom stereocenters. The van der Waals surface area contributed by atoms with E-state index in [1.54, 1.807) is 30.9 Å². The van der Waals surface area contributed by atoms with E-state index >= 15 is 0 Å². The zero-order valence-electron chi connectivity index (χ0n) is 21.2.